The zero-order valence-corrected chi connectivity index (χ0v) is 77.3. The van der Waals surface area contributed by atoms with Crippen molar-refractivity contribution in [2.45, 2.75) is 103 Å². The van der Waals surface area contributed by atoms with E-state index in [1.54, 1.807) is 133 Å². The number of nitrogens with one attached hydrogen (secondary N) is 7. The summed E-state index contributed by atoms with van der Waals surface area (Å²) in [6.07, 6.45) is 8.12. The van der Waals surface area contributed by atoms with Crippen LogP contribution >= 0.6 is 0 Å². The summed E-state index contributed by atoms with van der Waals surface area (Å²) >= 11 is 0. The fourth-order valence-corrected chi connectivity index (χ4v) is 16.0. The Bertz CT molecular complexity index is 6370. The van der Waals surface area contributed by atoms with Gasteiger partial charge in [-0.25, -0.2) is 0 Å². The third kappa shape index (κ3) is 29.4. The van der Waals surface area contributed by atoms with Crippen LogP contribution in [0.15, 0.2) is 212 Å². The number of carbonyl (C=O) groups excluding carboxylic acids is 7. The molecule has 141 heavy (non-hydrogen) atoms. The van der Waals surface area contributed by atoms with Crippen molar-refractivity contribution in [3.05, 3.63) is 335 Å². The molecule has 10 aromatic carbocycles. The molecule has 15 rings (SSSR count). The van der Waals surface area contributed by atoms with Crippen LogP contribution < -0.4 is 48.8 Å². The molecule has 0 saturated heterocycles. The summed E-state index contributed by atoms with van der Waals surface area (Å²) in [7, 11) is 0. The molecule has 728 valence electrons. The van der Waals surface area contributed by atoms with Crippen LogP contribution in [0.1, 0.15) is 190 Å². The molecule has 36 nitrogen and oxygen atoms in total. The Morgan fingerprint density at radius 1 is 0.362 bits per heavy atom. The lowest BCUT2D eigenvalue weighted by Crippen LogP contribution is -2.53. The lowest BCUT2D eigenvalue weighted by Gasteiger charge is -2.34. The number of rotatable bonds is 33. The van der Waals surface area contributed by atoms with Gasteiger partial charge in [0, 0.05) is 117 Å². The number of aryl methyl sites for hydroxylation is 2. The lowest BCUT2D eigenvalue weighted by molar-refractivity contribution is -0.141. The minimum Gasteiger partial charge on any atom is -0.489 e. The number of unbranched alkanes of at least 4 members (excludes halogenated alkanes) is 3. The van der Waals surface area contributed by atoms with Crippen LogP contribution in [0.5, 0.6) is 11.5 Å². The van der Waals surface area contributed by atoms with Gasteiger partial charge in [0.05, 0.1) is 6.42 Å². The number of amidine groups is 5. The van der Waals surface area contributed by atoms with E-state index in [1.807, 2.05) is 72.8 Å². The number of nitrogens with zero attached hydrogens (tertiary/aromatic N) is 5. The van der Waals surface area contributed by atoms with E-state index >= 15 is 0 Å². The third-order valence-corrected chi connectivity index (χ3v) is 23.6. The van der Waals surface area contributed by atoms with Gasteiger partial charge in [0.1, 0.15) is 86.1 Å². The van der Waals surface area contributed by atoms with Gasteiger partial charge in [-0.05, 0) is 205 Å². The van der Waals surface area contributed by atoms with Crippen LogP contribution in [0.4, 0.5) is 5.69 Å². The Labute approximate surface area is 812 Å². The molecule has 0 aromatic heterocycles. The van der Waals surface area contributed by atoms with E-state index in [1.165, 1.54) is 24.5 Å². The van der Waals surface area contributed by atoms with E-state index in [-0.39, 0.29) is 97.3 Å². The minimum atomic E-state index is -1.13. The highest BCUT2D eigenvalue weighted by Gasteiger charge is 2.37. The zero-order chi connectivity index (χ0) is 102. The topological polar surface area (TPSA) is 614 Å². The summed E-state index contributed by atoms with van der Waals surface area (Å²) in [5, 5.41) is 87.4. The average molecular weight is 1910 g/mol. The highest BCUT2D eigenvalue weighted by atomic mass is 16.5. The average Bonchev–Trinajstić information content (AvgIpc) is 0.787. The minimum absolute atomic E-state index is 0.00548. The molecule has 1 unspecified atom stereocenters. The number of nitrogens with two attached hydrogens (primary N) is 5. The van der Waals surface area contributed by atoms with Gasteiger partial charge in [0.15, 0.2) is 0 Å². The normalized spacial score (nSPS) is 13.2. The van der Waals surface area contributed by atoms with Crippen LogP contribution in [0.25, 0.3) is 0 Å². The van der Waals surface area contributed by atoms with Crippen LogP contribution in [0.3, 0.4) is 0 Å². The summed E-state index contributed by atoms with van der Waals surface area (Å²) < 4.78 is 11.7. The van der Waals surface area contributed by atoms with E-state index in [0.29, 0.717) is 156 Å². The molecule has 0 spiro atoms. The van der Waals surface area contributed by atoms with E-state index < -0.39 is 48.2 Å². The first kappa shape index (κ1) is 104. The molecule has 0 fully saturated rings. The van der Waals surface area contributed by atoms with Crippen LogP contribution in [0, 0.1) is 38.9 Å². The zero-order valence-electron chi connectivity index (χ0n) is 77.3. The molecule has 5 heterocycles. The number of ether oxygens (including phenoxy) is 2. The molecule has 10 aromatic rings. The van der Waals surface area contributed by atoms with Gasteiger partial charge in [-0.2, -0.15) is 0 Å². The van der Waals surface area contributed by atoms with Crippen molar-refractivity contribution in [1.82, 2.24) is 29.8 Å². The molecule has 0 bridgehead atoms. The number of carbonyl (C=O) groups is 12. The quantitative estimate of drug-likeness (QED) is 0.00788. The fourth-order valence-electron chi connectivity index (χ4n) is 16.0. The second kappa shape index (κ2) is 49.2. The Hall–Kier alpha value is -17.7. The molecule has 0 radical (unpaired) electrons. The van der Waals surface area contributed by atoms with Crippen molar-refractivity contribution >= 4 is 106 Å². The fraction of sp³-hybridized carbons (Fsp3) is 0.248. The number of anilines is 1. The van der Waals surface area contributed by atoms with Gasteiger partial charge in [0.2, 0.25) is 5.91 Å². The van der Waals surface area contributed by atoms with Crippen molar-refractivity contribution in [1.29, 1.82) is 27.0 Å². The number of benzene rings is 10. The summed E-state index contributed by atoms with van der Waals surface area (Å²) in [6.45, 7) is 3.88. The smallest absolute Gasteiger partial charge is 0.323 e. The molecule has 5 aliphatic rings. The summed E-state index contributed by atoms with van der Waals surface area (Å²) in [6, 6.07) is 61.0. The van der Waals surface area contributed by atoms with Crippen LogP contribution in [0.2, 0.25) is 0 Å². The number of hydrogen-bond donors (Lipinski definition) is 17. The van der Waals surface area contributed by atoms with Gasteiger partial charge >= 0.3 is 29.8 Å². The van der Waals surface area contributed by atoms with E-state index in [9.17, 15) is 62.6 Å². The molecule has 5 aliphatic heterocycles. The number of aliphatic carboxylic acids is 5. The Kier molecular flexibility index (Phi) is 36.2. The number of amides is 7. The molecule has 36 heteroatoms. The number of hydrogen-bond acceptors (Lipinski definition) is 19. The molecule has 0 saturated carbocycles. The second-order valence-electron chi connectivity index (χ2n) is 33.7. The first-order valence-electron chi connectivity index (χ1n) is 45.2. The molecular formula is C105H109N17O19. The Morgan fingerprint density at radius 2 is 0.695 bits per heavy atom. The molecule has 0 aliphatic carbocycles. The summed E-state index contributed by atoms with van der Waals surface area (Å²) in [4.78, 5) is 149. The van der Waals surface area contributed by atoms with Crippen LogP contribution in [-0.4, -0.2) is 222 Å². The first-order valence-corrected chi connectivity index (χ1v) is 45.2. The van der Waals surface area contributed by atoms with E-state index in [0.717, 1.165) is 99.7 Å². The highest BCUT2D eigenvalue weighted by molar-refractivity contribution is 6.07. The predicted octanol–water partition coefficient (Wildman–Crippen LogP) is 9.32. The lowest BCUT2D eigenvalue weighted by atomic mass is 9.94. The maximum absolute atomic E-state index is 13.2. The van der Waals surface area contributed by atoms with Gasteiger partial charge in [-0.15, -0.1) is 0 Å². The van der Waals surface area contributed by atoms with Gasteiger partial charge in [-0.1, -0.05) is 147 Å². The predicted molar refractivity (Wildman–Crippen MR) is 526 cm³/mol. The maximum Gasteiger partial charge on any atom is 0.323 e. The van der Waals surface area contributed by atoms with Crippen molar-refractivity contribution in [2.24, 2.45) is 28.7 Å². The molecular weight excluding hydrogens is 1800 g/mol. The van der Waals surface area contributed by atoms with Crippen molar-refractivity contribution in [2.75, 3.05) is 70.8 Å². The standard InChI is InChI=1S/C27H34N4O5.C20H21N3O3.C20H17N3O3.C19H18N4O4.C19H19N3O4/c1-2-3-4-5-13-30-26(34)23(16-24(32)33)31-14-12-20-15-21(10-11-22(20)27(31)35)36-17-18-6-8-19(9-7-18)25(28)29;2*21-19(22)15-6-3-13(4-7-15)1-2-14-5-8-17-16(11-14)9-10-23(20(17)26)12-18(24)25;20-17(21)11-1-3-12(4-2-11)18(26)22-14-5-6-15-13(9-14)7-8-23(19(15)27)10-16(24)25;20-18(21)13-3-1-12(2-4-13)11-26-15-5-6-16-14(9-15)7-8-22(19(16)25)10-17(23)24/h6-11,15,23H,2-5,12-14,16-17H2,1H3,(H3,28,29)(H,30,34)(H,32,33);3-8,11H,1-2,9-10,12H2,(H3,21,22)(H,24,25);3-8,11H,9-10,12H2,(H3,21,22)(H,24,25);1-6,9H,7-8,10H2,(H3,20,21)(H,22,26)(H,24,25);1-6,9H,7-8,10-11H2,(H3,20,21)(H,23,24). The Balaban J connectivity index is 0.000000169. The number of carboxylic acids is 5. The van der Waals surface area contributed by atoms with E-state index in [4.69, 9.17) is 85.6 Å². The van der Waals surface area contributed by atoms with Gasteiger partial charge in [0.25, 0.3) is 35.4 Å². The third-order valence-electron chi connectivity index (χ3n) is 23.6. The summed E-state index contributed by atoms with van der Waals surface area (Å²) in [5.41, 5.74) is 44.0. The molecule has 7 amide bonds. The highest BCUT2D eigenvalue weighted by Crippen LogP contribution is 2.31. The van der Waals surface area contributed by atoms with Crippen molar-refractivity contribution in [3.63, 3.8) is 0 Å². The van der Waals surface area contributed by atoms with E-state index in [2.05, 4.69) is 35.5 Å². The monoisotopic (exact) mass is 1910 g/mol. The van der Waals surface area contributed by atoms with Gasteiger partial charge < -0.3 is 98.8 Å². The van der Waals surface area contributed by atoms with Crippen molar-refractivity contribution in [3.8, 4) is 23.3 Å². The SMILES string of the molecule is CCCCCCNC(=O)C(CC(=O)O)N1CCc2cc(OCc3ccc(C(=N)N)cc3)ccc2C1=O.N=C(N)c1ccc(C#Cc2ccc3c(c2)CCN(CC(=O)O)C3=O)cc1.N=C(N)c1ccc(C(=O)Nc2ccc3c(c2)CCN(CC(=O)O)C3=O)cc1.N=C(N)c1ccc(CCc2ccc3c(c2)CCN(CC(=O)O)C3=O)cc1.N=C(N)c1ccc(COc2ccc3c(c2)CCN(CC(=O)O)C3=O)cc1. The Morgan fingerprint density at radius 3 is 1.11 bits per heavy atom. The summed E-state index contributed by atoms with van der Waals surface area (Å²) in [5.74, 6) is 0.0557. The largest absolute Gasteiger partial charge is 0.489 e. The number of nitrogen functional groups attached to an aromatic ring is 5. The van der Waals surface area contributed by atoms with Crippen LogP contribution in [-0.2, 0) is 86.9 Å². The first-order chi connectivity index (χ1) is 67.4. The van der Waals surface area contributed by atoms with Crippen molar-refractivity contribution < 1.29 is 92.5 Å². The number of carboxylic acid groups (broad SMARTS) is 5. The number of fused-ring (bicyclic) bond motifs is 5. The maximum atomic E-state index is 13.2. The van der Waals surface area contributed by atoms with Gasteiger partial charge in [-0.3, -0.25) is 84.6 Å². The molecule has 1 atom stereocenters. The second-order valence-corrected chi connectivity index (χ2v) is 33.7. The molecule has 22 N–H and O–H groups in total.